The second-order valence-corrected chi connectivity index (χ2v) is 4.84. The number of hydrogen-bond donors (Lipinski definition) is 0. The lowest BCUT2D eigenvalue weighted by Gasteiger charge is -2.15. The molecule has 0 amide bonds. The average molecular weight is 259 g/mol. The van der Waals surface area contributed by atoms with E-state index in [1.54, 1.807) is 0 Å². The molecular formula is C14H16BClN2. The first-order chi connectivity index (χ1) is 8.58. The molecule has 2 rings (SSSR count). The topological polar surface area (TPSA) is 8.81 Å². The Kier molecular flexibility index (Phi) is 3.92. The van der Waals surface area contributed by atoms with Gasteiger partial charge in [0.15, 0.2) is 0 Å². The van der Waals surface area contributed by atoms with Crippen LogP contribution in [0.5, 0.6) is 0 Å². The van der Waals surface area contributed by atoms with E-state index in [-0.39, 0.29) is 0 Å². The SMILES string of the molecule is C/C([B-]c1n(C)cc[n+]1C)=C/c1ccccc1Cl. The van der Waals surface area contributed by atoms with E-state index in [2.05, 4.69) is 29.4 Å². The summed E-state index contributed by atoms with van der Waals surface area (Å²) in [6.07, 6.45) is 6.17. The van der Waals surface area contributed by atoms with Crippen molar-refractivity contribution in [1.29, 1.82) is 0 Å². The normalized spacial score (nSPS) is 11.9. The van der Waals surface area contributed by atoms with Crippen LogP contribution in [0.15, 0.2) is 42.1 Å². The number of nitrogens with zero attached hydrogens (tertiary/aromatic N) is 2. The van der Waals surface area contributed by atoms with E-state index in [4.69, 9.17) is 11.6 Å². The molecule has 0 aliphatic heterocycles. The molecule has 0 bridgehead atoms. The molecule has 1 heterocycles. The number of hydrogen-bond acceptors (Lipinski definition) is 0. The number of aryl methyl sites for hydroxylation is 2. The minimum Gasteiger partial charge on any atom is -0.291 e. The van der Waals surface area contributed by atoms with Crippen LogP contribution in [0.1, 0.15) is 12.5 Å². The van der Waals surface area contributed by atoms with Crippen molar-refractivity contribution in [1.82, 2.24) is 4.57 Å². The quantitative estimate of drug-likeness (QED) is 0.587. The van der Waals surface area contributed by atoms with Gasteiger partial charge in [-0.1, -0.05) is 42.8 Å². The molecule has 2 nitrogen and oxygen atoms in total. The van der Waals surface area contributed by atoms with Crippen LogP contribution in [-0.4, -0.2) is 11.8 Å². The molecule has 92 valence electrons. The van der Waals surface area contributed by atoms with Gasteiger partial charge in [0, 0.05) is 10.7 Å². The molecule has 0 unspecified atom stereocenters. The van der Waals surface area contributed by atoms with Crippen molar-refractivity contribution >= 4 is 30.7 Å². The number of allylic oxidation sites excluding steroid dienone is 1. The first kappa shape index (κ1) is 13.0. The molecule has 0 fully saturated rings. The van der Waals surface area contributed by atoms with Crippen LogP contribution in [0.25, 0.3) is 6.08 Å². The summed E-state index contributed by atoms with van der Waals surface area (Å²) in [4.78, 5) is 0. The van der Waals surface area contributed by atoms with E-state index >= 15 is 0 Å². The van der Waals surface area contributed by atoms with Gasteiger partial charge in [-0.2, -0.15) is 7.28 Å². The van der Waals surface area contributed by atoms with E-state index < -0.39 is 0 Å². The molecular weight excluding hydrogens is 242 g/mol. The molecule has 2 aromatic rings. The van der Waals surface area contributed by atoms with E-state index in [9.17, 15) is 0 Å². The van der Waals surface area contributed by atoms with Gasteiger partial charge in [0.05, 0.1) is 14.1 Å². The zero-order chi connectivity index (χ0) is 13.1. The van der Waals surface area contributed by atoms with Gasteiger partial charge in [-0.25, -0.2) is 0 Å². The van der Waals surface area contributed by atoms with Crippen molar-refractivity contribution in [3.05, 3.63) is 52.7 Å². The monoisotopic (exact) mass is 258 g/mol. The fraction of sp³-hybridized carbons (Fsp3) is 0.214. The predicted octanol–water partition coefficient (Wildman–Crippen LogP) is 1.89. The van der Waals surface area contributed by atoms with Crippen LogP contribution in [-0.2, 0) is 14.1 Å². The predicted molar refractivity (Wildman–Crippen MR) is 77.1 cm³/mol. The number of aromatic nitrogens is 2. The second-order valence-electron chi connectivity index (χ2n) is 4.43. The second kappa shape index (κ2) is 5.45. The van der Waals surface area contributed by atoms with Crippen molar-refractivity contribution in [3.8, 4) is 0 Å². The van der Waals surface area contributed by atoms with Crippen LogP contribution >= 0.6 is 11.6 Å². The molecule has 0 aliphatic carbocycles. The lowest BCUT2D eigenvalue weighted by Crippen LogP contribution is -2.49. The Labute approximate surface area is 114 Å². The third kappa shape index (κ3) is 2.85. The molecule has 0 spiro atoms. The standard InChI is InChI=1S/C14H16BClN2/c1-11(10-12-6-4-5-7-13(12)16)15-14-17(2)8-9-18(14)3/h4-10H,1-3H3/b11-10-. The van der Waals surface area contributed by atoms with Gasteiger partial charge in [0.1, 0.15) is 12.4 Å². The lowest BCUT2D eigenvalue weighted by atomic mass is 9.68. The van der Waals surface area contributed by atoms with Gasteiger partial charge in [-0.3, -0.25) is 14.6 Å². The Hall–Kier alpha value is -1.48. The summed E-state index contributed by atoms with van der Waals surface area (Å²) in [6.45, 7) is 2.08. The van der Waals surface area contributed by atoms with Crippen LogP contribution in [0.4, 0.5) is 0 Å². The number of benzene rings is 1. The maximum atomic E-state index is 6.14. The van der Waals surface area contributed by atoms with Gasteiger partial charge < -0.3 is 0 Å². The Morgan fingerprint density at radius 2 is 2.11 bits per heavy atom. The molecule has 0 saturated heterocycles. The van der Waals surface area contributed by atoms with Gasteiger partial charge >= 0.3 is 0 Å². The van der Waals surface area contributed by atoms with Crippen molar-refractivity contribution in [2.24, 2.45) is 14.1 Å². The molecule has 4 heteroatoms. The summed E-state index contributed by atoms with van der Waals surface area (Å²) in [5, 5.41) is 0.779. The first-order valence-electron chi connectivity index (χ1n) is 5.86. The Balaban J connectivity index is 2.23. The largest absolute Gasteiger partial charge is 0.291 e. The molecule has 18 heavy (non-hydrogen) atoms. The van der Waals surface area contributed by atoms with Gasteiger partial charge in [-0.05, 0) is 11.6 Å². The first-order valence-corrected chi connectivity index (χ1v) is 6.24. The maximum absolute atomic E-state index is 6.14. The van der Waals surface area contributed by atoms with Crippen LogP contribution in [0.3, 0.4) is 0 Å². The Morgan fingerprint density at radius 3 is 2.72 bits per heavy atom. The van der Waals surface area contributed by atoms with E-state index in [1.165, 1.54) is 5.47 Å². The maximum Gasteiger partial charge on any atom is 0.125 e. The summed E-state index contributed by atoms with van der Waals surface area (Å²) >= 11 is 6.14. The highest BCUT2D eigenvalue weighted by Gasteiger charge is 1.99. The molecule has 2 radical (unpaired) electrons. The minimum absolute atomic E-state index is 0.779. The van der Waals surface area contributed by atoms with Crippen molar-refractivity contribution in [2.75, 3.05) is 0 Å². The summed E-state index contributed by atoms with van der Waals surface area (Å²) in [7, 11) is 6.21. The number of halogens is 1. The molecule has 1 aromatic carbocycles. The smallest absolute Gasteiger partial charge is 0.125 e. The molecule has 0 atom stereocenters. The third-order valence-corrected chi connectivity index (χ3v) is 3.23. The highest BCUT2D eigenvalue weighted by molar-refractivity contribution is 6.59. The molecule has 0 aliphatic rings. The van der Waals surface area contributed by atoms with E-state index in [1.807, 2.05) is 50.8 Å². The Bertz CT molecular complexity index is 568. The fourth-order valence-corrected chi connectivity index (χ4v) is 2.08. The summed E-state index contributed by atoms with van der Waals surface area (Å²) in [5.74, 6) is 0. The van der Waals surface area contributed by atoms with E-state index in [0.717, 1.165) is 16.3 Å². The van der Waals surface area contributed by atoms with Gasteiger partial charge in [0.25, 0.3) is 0 Å². The minimum atomic E-state index is 0.779. The summed E-state index contributed by atoms with van der Waals surface area (Å²) < 4.78 is 4.17. The van der Waals surface area contributed by atoms with Crippen LogP contribution < -0.4 is 10.3 Å². The molecule has 0 saturated carbocycles. The molecule has 1 aromatic heterocycles. The van der Waals surface area contributed by atoms with Gasteiger partial charge in [0.2, 0.25) is 0 Å². The zero-order valence-electron chi connectivity index (χ0n) is 10.9. The van der Waals surface area contributed by atoms with E-state index in [0.29, 0.717) is 0 Å². The lowest BCUT2D eigenvalue weighted by molar-refractivity contribution is -0.652. The van der Waals surface area contributed by atoms with Crippen molar-refractivity contribution in [2.45, 2.75) is 6.92 Å². The zero-order valence-corrected chi connectivity index (χ0v) is 11.6. The van der Waals surface area contributed by atoms with Crippen LogP contribution in [0, 0.1) is 0 Å². The number of imidazole rings is 1. The highest BCUT2D eigenvalue weighted by Crippen LogP contribution is 2.17. The average Bonchev–Trinajstić information content (AvgIpc) is 2.64. The summed E-state index contributed by atoms with van der Waals surface area (Å²) in [6, 6.07) is 7.86. The van der Waals surface area contributed by atoms with Crippen molar-refractivity contribution in [3.63, 3.8) is 0 Å². The third-order valence-electron chi connectivity index (χ3n) is 2.88. The van der Waals surface area contributed by atoms with Crippen LogP contribution in [0.2, 0.25) is 5.02 Å². The number of rotatable bonds is 3. The Morgan fingerprint density at radius 1 is 1.39 bits per heavy atom. The molecule has 0 N–H and O–H groups in total. The highest BCUT2D eigenvalue weighted by atomic mass is 35.5. The summed E-state index contributed by atoms with van der Waals surface area (Å²) in [5.41, 5.74) is 3.36. The van der Waals surface area contributed by atoms with Crippen molar-refractivity contribution < 1.29 is 4.57 Å². The van der Waals surface area contributed by atoms with Gasteiger partial charge in [-0.15, -0.1) is 0 Å². The fourth-order valence-electron chi connectivity index (χ4n) is 1.89.